The molecule has 0 radical (unpaired) electrons. The summed E-state index contributed by atoms with van der Waals surface area (Å²) in [6, 6.07) is 7.71. The Bertz CT molecular complexity index is 338. The molecule has 1 saturated carbocycles. The van der Waals surface area contributed by atoms with Crippen LogP contribution in [0.2, 0.25) is 0 Å². The lowest BCUT2D eigenvalue weighted by Crippen LogP contribution is -2.15. The van der Waals surface area contributed by atoms with E-state index in [9.17, 15) is 8.78 Å². The highest BCUT2D eigenvalue weighted by molar-refractivity contribution is 9.10. The molecule has 0 bridgehead atoms. The fourth-order valence-corrected chi connectivity index (χ4v) is 3.03. The maximum atomic E-state index is 12.8. The third-order valence-corrected chi connectivity index (χ3v) is 3.92. The second kappa shape index (κ2) is 4.60. The molecule has 2 unspecified atom stereocenters. The first-order valence-electron chi connectivity index (χ1n) is 5.22. The van der Waals surface area contributed by atoms with E-state index in [2.05, 4.69) is 15.9 Å². The van der Waals surface area contributed by atoms with E-state index < -0.39 is 12.3 Å². The molecule has 1 aromatic carbocycles. The molecule has 1 aliphatic rings. The zero-order valence-electron chi connectivity index (χ0n) is 8.30. The summed E-state index contributed by atoms with van der Waals surface area (Å²) >= 11 is 3.44. The van der Waals surface area contributed by atoms with E-state index >= 15 is 0 Å². The van der Waals surface area contributed by atoms with Crippen molar-refractivity contribution in [2.45, 2.75) is 31.6 Å². The van der Waals surface area contributed by atoms with Gasteiger partial charge < -0.3 is 0 Å². The fraction of sp³-hybridized carbons (Fsp3) is 0.500. The van der Waals surface area contributed by atoms with E-state index in [1.165, 1.54) is 0 Å². The van der Waals surface area contributed by atoms with Gasteiger partial charge in [0, 0.05) is 10.4 Å². The van der Waals surface area contributed by atoms with Crippen LogP contribution in [-0.4, -0.2) is 6.43 Å². The lowest BCUT2D eigenvalue weighted by Gasteiger charge is -2.20. The quantitative estimate of drug-likeness (QED) is 0.740. The van der Waals surface area contributed by atoms with Crippen LogP contribution < -0.4 is 0 Å². The number of halogens is 3. The Labute approximate surface area is 96.8 Å². The maximum absolute atomic E-state index is 12.8. The molecule has 1 aliphatic carbocycles. The molecule has 2 atom stereocenters. The summed E-state index contributed by atoms with van der Waals surface area (Å²) in [5, 5.41) is 0. The lowest BCUT2D eigenvalue weighted by molar-refractivity contribution is 0.0716. The van der Waals surface area contributed by atoms with Gasteiger partial charge in [-0.05, 0) is 30.4 Å². The molecule has 0 heterocycles. The smallest absolute Gasteiger partial charge is 0.210 e. The minimum absolute atomic E-state index is 0.0283. The van der Waals surface area contributed by atoms with Gasteiger partial charge >= 0.3 is 0 Å². The minimum Gasteiger partial charge on any atom is -0.210 e. The minimum atomic E-state index is -2.19. The van der Waals surface area contributed by atoms with Crippen molar-refractivity contribution in [2.24, 2.45) is 5.92 Å². The van der Waals surface area contributed by atoms with Crippen molar-refractivity contribution in [2.75, 3.05) is 0 Å². The molecule has 1 fully saturated rings. The van der Waals surface area contributed by atoms with Crippen molar-refractivity contribution in [3.8, 4) is 0 Å². The number of alkyl halides is 2. The third kappa shape index (κ3) is 2.22. The van der Waals surface area contributed by atoms with Crippen LogP contribution >= 0.6 is 15.9 Å². The maximum Gasteiger partial charge on any atom is 0.242 e. The molecule has 0 saturated heterocycles. The first-order valence-corrected chi connectivity index (χ1v) is 6.02. The summed E-state index contributed by atoms with van der Waals surface area (Å²) in [7, 11) is 0. The normalized spacial score (nSPS) is 26.1. The first-order chi connectivity index (χ1) is 7.20. The Balaban J connectivity index is 2.27. The average molecular weight is 275 g/mol. The lowest BCUT2D eigenvalue weighted by atomic mass is 9.89. The Morgan fingerprint density at radius 2 is 1.93 bits per heavy atom. The van der Waals surface area contributed by atoms with Crippen LogP contribution in [0.15, 0.2) is 28.7 Å². The third-order valence-electron chi connectivity index (χ3n) is 3.20. The highest BCUT2D eigenvalue weighted by Crippen LogP contribution is 2.44. The van der Waals surface area contributed by atoms with Gasteiger partial charge in [0.2, 0.25) is 6.43 Å². The van der Waals surface area contributed by atoms with Crippen molar-refractivity contribution < 1.29 is 8.78 Å². The highest BCUT2D eigenvalue weighted by Gasteiger charge is 2.35. The molecule has 0 spiro atoms. The number of hydrogen-bond acceptors (Lipinski definition) is 0. The summed E-state index contributed by atoms with van der Waals surface area (Å²) in [4.78, 5) is 0. The van der Waals surface area contributed by atoms with Gasteiger partial charge in [-0.3, -0.25) is 0 Å². The number of hydrogen-bond donors (Lipinski definition) is 0. The molecule has 1 aromatic rings. The highest BCUT2D eigenvalue weighted by atomic mass is 79.9. The van der Waals surface area contributed by atoms with Crippen LogP contribution in [0, 0.1) is 5.92 Å². The molecular formula is C12H13BrF2. The Hall–Kier alpha value is -0.440. The molecule has 0 aromatic heterocycles. The molecule has 15 heavy (non-hydrogen) atoms. The summed E-state index contributed by atoms with van der Waals surface area (Å²) in [6.07, 6.45) is 0.270. The standard InChI is InChI=1S/C12H13BrF2/c13-11-7-2-1-4-9(11)8-5-3-6-10(8)12(14)15/h1-2,4,7-8,10,12H,3,5-6H2. The SMILES string of the molecule is FC(F)C1CCCC1c1ccccc1Br. The zero-order chi connectivity index (χ0) is 10.8. The van der Waals surface area contributed by atoms with Gasteiger partial charge in [-0.25, -0.2) is 8.78 Å². The van der Waals surface area contributed by atoms with Crippen LogP contribution in [0.3, 0.4) is 0 Å². The first kappa shape index (κ1) is 11.1. The second-order valence-corrected chi connectivity index (χ2v) is 4.91. The van der Waals surface area contributed by atoms with Crippen LogP contribution in [0.1, 0.15) is 30.7 Å². The van der Waals surface area contributed by atoms with Crippen molar-refractivity contribution in [1.29, 1.82) is 0 Å². The molecule has 0 amide bonds. The van der Waals surface area contributed by atoms with E-state index in [4.69, 9.17) is 0 Å². The predicted octanol–water partition coefficient (Wildman–Crippen LogP) is 4.60. The Morgan fingerprint density at radius 3 is 2.60 bits per heavy atom. The summed E-state index contributed by atoms with van der Waals surface area (Å²) < 4.78 is 26.5. The van der Waals surface area contributed by atoms with Crippen molar-refractivity contribution >= 4 is 15.9 Å². The van der Waals surface area contributed by atoms with Crippen LogP contribution in [0.25, 0.3) is 0 Å². The fourth-order valence-electron chi connectivity index (χ4n) is 2.45. The van der Waals surface area contributed by atoms with E-state index in [0.29, 0.717) is 6.42 Å². The molecule has 82 valence electrons. The largest absolute Gasteiger partial charge is 0.242 e. The molecular weight excluding hydrogens is 262 g/mol. The molecule has 0 aliphatic heterocycles. The monoisotopic (exact) mass is 274 g/mol. The van der Waals surface area contributed by atoms with E-state index in [1.807, 2.05) is 24.3 Å². The van der Waals surface area contributed by atoms with Gasteiger partial charge in [-0.1, -0.05) is 40.5 Å². The Morgan fingerprint density at radius 1 is 1.20 bits per heavy atom. The average Bonchev–Trinajstić information content (AvgIpc) is 2.67. The van der Waals surface area contributed by atoms with Crippen molar-refractivity contribution in [1.82, 2.24) is 0 Å². The van der Waals surface area contributed by atoms with Gasteiger partial charge in [0.05, 0.1) is 0 Å². The van der Waals surface area contributed by atoms with Crippen LogP contribution in [0.4, 0.5) is 8.78 Å². The van der Waals surface area contributed by atoms with Gasteiger partial charge in [-0.15, -0.1) is 0 Å². The summed E-state index contributed by atoms with van der Waals surface area (Å²) in [5.41, 5.74) is 1.04. The van der Waals surface area contributed by atoms with Gasteiger partial charge in [0.1, 0.15) is 0 Å². The number of rotatable bonds is 2. The molecule has 2 rings (SSSR count). The van der Waals surface area contributed by atoms with Crippen molar-refractivity contribution in [3.05, 3.63) is 34.3 Å². The zero-order valence-corrected chi connectivity index (χ0v) is 9.88. The van der Waals surface area contributed by atoms with E-state index in [-0.39, 0.29) is 5.92 Å². The second-order valence-electron chi connectivity index (χ2n) is 4.06. The van der Waals surface area contributed by atoms with E-state index in [1.54, 1.807) is 0 Å². The molecule has 0 N–H and O–H groups in total. The van der Waals surface area contributed by atoms with Crippen LogP contribution in [0.5, 0.6) is 0 Å². The Kier molecular flexibility index (Phi) is 3.39. The van der Waals surface area contributed by atoms with E-state index in [0.717, 1.165) is 22.9 Å². The van der Waals surface area contributed by atoms with Gasteiger partial charge in [-0.2, -0.15) is 0 Å². The molecule has 3 heteroatoms. The van der Waals surface area contributed by atoms with Gasteiger partial charge in [0.15, 0.2) is 0 Å². The topological polar surface area (TPSA) is 0 Å². The van der Waals surface area contributed by atoms with Crippen LogP contribution in [-0.2, 0) is 0 Å². The summed E-state index contributed by atoms with van der Waals surface area (Å²) in [5.74, 6) is -0.427. The number of benzene rings is 1. The van der Waals surface area contributed by atoms with Crippen molar-refractivity contribution in [3.63, 3.8) is 0 Å². The van der Waals surface area contributed by atoms with Gasteiger partial charge in [0.25, 0.3) is 0 Å². The predicted molar refractivity (Wildman–Crippen MR) is 60.2 cm³/mol. The molecule has 0 nitrogen and oxygen atoms in total. The summed E-state index contributed by atoms with van der Waals surface area (Å²) in [6.45, 7) is 0.